The summed E-state index contributed by atoms with van der Waals surface area (Å²) in [6, 6.07) is 0. The Kier molecular flexibility index (Phi) is 3.68. The Hall–Kier alpha value is -0.0800. The van der Waals surface area contributed by atoms with Gasteiger partial charge in [0, 0.05) is 0 Å². The zero-order chi connectivity index (χ0) is 12.7. The Morgan fingerprint density at radius 2 is 1.61 bits per heavy atom. The lowest BCUT2D eigenvalue weighted by atomic mass is 9.50. The third-order valence-corrected chi connectivity index (χ3v) is 6.14. The van der Waals surface area contributed by atoms with Crippen LogP contribution in [0.3, 0.4) is 0 Å². The van der Waals surface area contributed by atoms with E-state index in [1.165, 1.54) is 32.1 Å². The molecule has 2 atom stereocenters. The minimum Gasteiger partial charge on any atom is -0.392 e. The molecule has 0 spiro atoms. The summed E-state index contributed by atoms with van der Waals surface area (Å²) in [5.74, 6) is 4.57. The molecule has 2 nitrogen and oxygen atoms in total. The summed E-state index contributed by atoms with van der Waals surface area (Å²) in [5, 5.41) is 10.8. The number of rotatable bonds is 5. The second-order valence-corrected chi connectivity index (χ2v) is 7.28. The SMILES string of the molecule is CCCC(CN)C(O)C1C2CC3CC(C2)CC1C3. The summed E-state index contributed by atoms with van der Waals surface area (Å²) in [4.78, 5) is 0. The van der Waals surface area contributed by atoms with E-state index in [9.17, 15) is 5.11 Å². The molecule has 0 amide bonds. The standard InChI is InChI=1S/C16H29NO/c1-2-3-12(9-17)16(18)15-13-5-10-4-11(7-13)8-14(15)6-10/h10-16,18H,2-9,17H2,1H3. The van der Waals surface area contributed by atoms with Gasteiger partial charge in [-0.1, -0.05) is 13.3 Å². The van der Waals surface area contributed by atoms with Crippen LogP contribution in [0, 0.1) is 35.5 Å². The number of nitrogens with two attached hydrogens (primary N) is 1. The van der Waals surface area contributed by atoms with Crippen molar-refractivity contribution in [3.8, 4) is 0 Å². The largest absolute Gasteiger partial charge is 0.392 e. The Morgan fingerprint density at radius 3 is 2.06 bits per heavy atom. The smallest absolute Gasteiger partial charge is 0.0613 e. The highest BCUT2D eigenvalue weighted by Crippen LogP contribution is 2.58. The van der Waals surface area contributed by atoms with Crippen molar-refractivity contribution in [3.05, 3.63) is 0 Å². The highest BCUT2D eigenvalue weighted by atomic mass is 16.3. The zero-order valence-corrected chi connectivity index (χ0v) is 11.7. The fourth-order valence-corrected chi connectivity index (χ4v) is 5.64. The van der Waals surface area contributed by atoms with Crippen LogP contribution in [0.25, 0.3) is 0 Å². The van der Waals surface area contributed by atoms with Crippen molar-refractivity contribution >= 4 is 0 Å². The van der Waals surface area contributed by atoms with Crippen LogP contribution < -0.4 is 5.73 Å². The molecule has 4 rings (SSSR count). The Morgan fingerprint density at radius 1 is 1.06 bits per heavy atom. The molecule has 4 aliphatic rings. The molecule has 3 N–H and O–H groups in total. The minimum absolute atomic E-state index is 0.120. The molecule has 0 heterocycles. The second-order valence-electron chi connectivity index (χ2n) is 7.28. The van der Waals surface area contributed by atoms with Crippen LogP contribution in [-0.4, -0.2) is 17.8 Å². The molecular weight excluding hydrogens is 222 g/mol. The van der Waals surface area contributed by atoms with E-state index in [-0.39, 0.29) is 6.10 Å². The van der Waals surface area contributed by atoms with Gasteiger partial charge in [0.1, 0.15) is 0 Å². The predicted molar refractivity (Wildman–Crippen MR) is 74.0 cm³/mol. The number of hydrogen-bond donors (Lipinski definition) is 2. The summed E-state index contributed by atoms with van der Waals surface area (Å²) >= 11 is 0. The first-order chi connectivity index (χ1) is 8.72. The lowest BCUT2D eigenvalue weighted by molar-refractivity contribution is -0.105. The fraction of sp³-hybridized carbons (Fsp3) is 1.00. The molecule has 0 aliphatic heterocycles. The third-order valence-electron chi connectivity index (χ3n) is 6.14. The lowest BCUT2D eigenvalue weighted by Crippen LogP contribution is -2.51. The maximum atomic E-state index is 10.8. The molecule has 4 saturated carbocycles. The van der Waals surface area contributed by atoms with Gasteiger partial charge in [0.25, 0.3) is 0 Å². The molecule has 4 fully saturated rings. The van der Waals surface area contributed by atoms with E-state index < -0.39 is 0 Å². The molecule has 0 saturated heterocycles. The van der Waals surface area contributed by atoms with Crippen molar-refractivity contribution in [2.75, 3.05) is 6.54 Å². The highest BCUT2D eigenvalue weighted by Gasteiger charge is 2.51. The molecular formula is C16H29NO. The molecule has 4 aliphatic carbocycles. The summed E-state index contributed by atoms with van der Waals surface area (Å²) in [7, 11) is 0. The van der Waals surface area contributed by atoms with Crippen LogP contribution >= 0.6 is 0 Å². The molecule has 104 valence electrons. The van der Waals surface area contributed by atoms with Crippen molar-refractivity contribution in [3.63, 3.8) is 0 Å². The van der Waals surface area contributed by atoms with E-state index in [1.807, 2.05) is 0 Å². The maximum absolute atomic E-state index is 10.8. The molecule has 0 aromatic carbocycles. The second kappa shape index (κ2) is 5.13. The molecule has 18 heavy (non-hydrogen) atoms. The van der Waals surface area contributed by atoms with E-state index in [0.29, 0.717) is 18.4 Å². The monoisotopic (exact) mass is 251 g/mol. The van der Waals surface area contributed by atoms with Crippen molar-refractivity contribution in [2.45, 2.75) is 58.0 Å². The van der Waals surface area contributed by atoms with E-state index in [0.717, 1.165) is 36.5 Å². The van der Waals surface area contributed by atoms with Crippen LogP contribution in [0.15, 0.2) is 0 Å². The summed E-state index contributed by atoms with van der Waals surface area (Å²) < 4.78 is 0. The normalized spacial score (nSPS) is 45.2. The third kappa shape index (κ3) is 2.12. The van der Waals surface area contributed by atoms with Gasteiger partial charge in [0.05, 0.1) is 6.10 Å². The average molecular weight is 251 g/mol. The van der Waals surface area contributed by atoms with Gasteiger partial charge in [-0.25, -0.2) is 0 Å². The van der Waals surface area contributed by atoms with Gasteiger partial charge in [-0.2, -0.15) is 0 Å². The molecule has 4 bridgehead atoms. The fourth-order valence-electron chi connectivity index (χ4n) is 5.64. The first kappa shape index (κ1) is 12.9. The maximum Gasteiger partial charge on any atom is 0.0613 e. The Labute approximate surface area is 111 Å². The Bertz CT molecular complexity index is 263. The van der Waals surface area contributed by atoms with E-state index in [4.69, 9.17) is 5.73 Å². The number of aliphatic hydroxyl groups is 1. The topological polar surface area (TPSA) is 46.2 Å². The molecule has 2 unspecified atom stereocenters. The summed E-state index contributed by atoms with van der Waals surface area (Å²) in [6.07, 6.45) is 9.22. The Balaban J connectivity index is 1.71. The van der Waals surface area contributed by atoms with E-state index in [1.54, 1.807) is 0 Å². The molecule has 0 radical (unpaired) electrons. The number of hydrogen-bond acceptors (Lipinski definition) is 2. The van der Waals surface area contributed by atoms with Crippen molar-refractivity contribution in [1.29, 1.82) is 0 Å². The minimum atomic E-state index is -0.120. The lowest BCUT2D eigenvalue weighted by Gasteiger charge is -2.56. The predicted octanol–water partition coefficient (Wildman–Crippen LogP) is 2.79. The van der Waals surface area contributed by atoms with Crippen LogP contribution in [0.4, 0.5) is 0 Å². The number of aliphatic hydroxyl groups excluding tert-OH is 1. The summed E-state index contributed by atoms with van der Waals surface area (Å²) in [6.45, 7) is 2.87. The first-order valence-electron chi connectivity index (χ1n) is 8.11. The van der Waals surface area contributed by atoms with Crippen LogP contribution in [0.2, 0.25) is 0 Å². The van der Waals surface area contributed by atoms with Crippen LogP contribution in [0.1, 0.15) is 51.9 Å². The van der Waals surface area contributed by atoms with Gasteiger partial charge >= 0.3 is 0 Å². The molecule has 0 aromatic rings. The average Bonchev–Trinajstić information content (AvgIpc) is 2.34. The van der Waals surface area contributed by atoms with E-state index >= 15 is 0 Å². The van der Waals surface area contributed by atoms with Crippen molar-refractivity contribution in [1.82, 2.24) is 0 Å². The van der Waals surface area contributed by atoms with Crippen LogP contribution in [0.5, 0.6) is 0 Å². The van der Waals surface area contributed by atoms with Gasteiger partial charge in [0.2, 0.25) is 0 Å². The summed E-state index contributed by atoms with van der Waals surface area (Å²) in [5.41, 5.74) is 5.89. The zero-order valence-electron chi connectivity index (χ0n) is 11.7. The quantitative estimate of drug-likeness (QED) is 0.789. The van der Waals surface area contributed by atoms with Crippen molar-refractivity contribution < 1.29 is 5.11 Å². The highest BCUT2D eigenvalue weighted by molar-refractivity contribution is 5.01. The molecule has 2 heteroatoms. The van der Waals surface area contributed by atoms with Gasteiger partial charge in [0.15, 0.2) is 0 Å². The van der Waals surface area contributed by atoms with Crippen LogP contribution in [-0.2, 0) is 0 Å². The van der Waals surface area contributed by atoms with Gasteiger partial charge in [-0.3, -0.25) is 0 Å². The first-order valence-corrected chi connectivity index (χ1v) is 8.11. The molecule has 0 aromatic heterocycles. The van der Waals surface area contributed by atoms with Gasteiger partial charge in [-0.15, -0.1) is 0 Å². The van der Waals surface area contributed by atoms with Gasteiger partial charge in [-0.05, 0) is 80.6 Å². The van der Waals surface area contributed by atoms with Gasteiger partial charge < -0.3 is 10.8 Å². The van der Waals surface area contributed by atoms with Crippen molar-refractivity contribution in [2.24, 2.45) is 41.2 Å². The van der Waals surface area contributed by atoms with E-state index in [2.05, 4.69) is 6.92 Å².